The van der Waals surface area contributed by atoms with E-state index >= 15 is 0 Å². The van der Waals surface area contributed by atoms with E-state index in [0.717, 1.165) is 22.0 Å². The van der Waals surface area contributed by atoms with E-state index in [1.54, 1.807) is 16.0 Å². The molecule has 3 rings (SSSR count). The molecule has 2 N–H and O–H groups in total. The maximum Gasteiger partial charge on any atom is 0.125 e. The first-order valence-corrected chi connectivity index (χ1v) is 7.60. The largest absolute Gasteiger partial charge is 0.394 e. The molecule has 0 saturated heterocycles. The summed E-state index contributed by atoms with van der Waals surface area (Å²) in [5, 5.41) is 17.1. The number of thiazole rings is 1. The van der Waals surface area contributed by atoms with Gasteiger partial charge in [-0.05, 0) is 0 Å². The van der Waals surface area contributed by atoms with Crippen LogP contribution in [0.1, 0.15) is 4.88 Å². The van der Waals surface area contributed by atoms with Gasteiger partial charge in [-0.3, -0.25) is 4.98 Å². The zero-order valence-corrected chi connectivity index (χ0v) is 12.3. The van der Waals surface area contributed by atoms with Gasteiger partial charge in [0, 0.05) is 22.7 Å². The van der Waals surface area contributed by atoms with Crippen molar-refractivity contribution in [1.29, 1.82) is 0 Å². The zero-order valence-electron chi connectivity index (χ0n) is 11.4. The van der Waals surface area contributed by atoms with Crippen molar-refractivity contribution in [2.24, 2.45) is 0 Å². The lowest BCUT2D eigenvalue weighted by Gasteiger charge is -2.06. The number of rotatable bonds is 6. The summed E-state index contributed by atoms with van der Waals surface area (Å²) in [5.74, 6) is 0.899. The van der Waals surface area contributed by atoms with Crippen molar-refractivity contribution in [3.8, 4) is 11.3 Å². The lowest BCUT2D eigenvalue weighted by atomic mass is 10.2. The third-order valence-corrected chi connectivity index (χ3v) is 3.87. The highest BCUT2D eigenvalue weighted by atomic mass is 32.1. The molecule has 0 atom stereocenters. The molecule has 2 heterocycles. The summed E-state index contributed by atoms with van der Waals surface area (Å²) in [6.45, 7) is 1.24. The van der Waals surface area contributed by atoms with Gasteiger partial charge in [0.15, 0.2) is 0 Å². The first-order valence-electron chi connectivity index (χ1n) is 6.72. The highest BCUT2D eigenvalue weighted by Crippen LogP contribution is 2.22. The van der Waals surface area contributed by atoms with Crippen LogP contribution in [-0.2, 0) is 13.1 Å². The van der Waals surface area contributed by atoms with E-state index in [1.165, 1.54) is 0 Å². The van der Waals surface area contributed by atoms with Crippen LogP contribution >= 0.6 is 11.3 Å². The van der Waals surface area contributed by atoms with Gasteiger partial charge >= 0.3 is 0 Å². The summed E-state index contributed by atoms with van der Waals surface area (Å²) in [6.07, 6.45) is 1.85. The predicted molar refractivity (Wildman–Crippen MR) is 84.2 cm³/mol. The fraction of sp³-hybridized carbons (Fsp3) is 0.200. The molecular formula is C15H16N4OS. The lowest BCUT2D eigenvalue weighted by Crippen LogP contribution is -2.09. The number of nitrogens with one attached hydrogen (secondary N) is 1. The van der Waals surface area contributed by atoms with Gasteiger partial charge in [-0.15, -0.1) is 11.3 Å². The maximum atomic E-state index is 9.18. The molecule has 0 spiro atoms. The summed E-state index contributed by atoms with van der Waals surface area (Å²) < 4.78 is 1.80. The summed E-state index contributed by atoms with van der Waals surface area (Å²) in [5.41, 5.74) is 3.78. The minimum absolute atomic E-state index is 0.0607. The molecule has 0 fully saturated rings. The third kappa shape index (κ3) is 3.29. The van der Waals surface area contributed by atoms with E-state index in [0.29, 0.717) is 13.1 Å². The quantitative estimate of drug-likeness (QED) is 0.734. The molecule has 0 radical (unpaired) electrons. The number of hydrogen-bond donors (Lipinski definition) is 2. The van der Waals surface area contributed by atoms with E-state index in [1.807, 2.05) is 48.1 Å². The van der Waals surface area contributed by atoms with Crippen LogP contribution in [0.3, 0.4) is 0 Å². The second kappa shape index (κ2) is 6.51. The fourth-order valence-corrected chi connectivity index (χ4v) is 2.62. The number of anilines is 1. The topological polar surface area (TPSA) is 63.0 Å². The van der Waals surface area contributed by atoms with Crippen LogP contribution in [-0.4, -0.2) is 26.5 Å². The highest BCUT2D eigenvalue weighted by molar-refractivity contribution is 7.09. The van der Waals surface area contributed by atoms with Crippen molar-refractivity contribution in [3.05, 3.63) is 53.0 Å². The maximum absolute atomic E-state index is 9.18. The van der Waals surface area contributed by atoms with Crippen molar-refractivity contribution in [1.82, 2.24) is 14.8 Å². The van der Waals surface area contributed by atoms with Crippen molar-refractivity contribution < 1.29 is 5.11 Å². The van der Waals surface area contributed by atoms with Crippen LogP contribution in [0.5, 0.6) is 0 Å². The normalized spacial score (nSPS) is 10.7. The van der Waals surface area contributed by atoms with Gasteiger partial charge in [-0.25, -0.2) is 4.68 Å². The van der Waals surface area contributed by atoms with Crippen LogP contribution < -0.4 is 5.32 Å². The Bertz CT molecular complexity index is 679. The van der Waals surface area contributed by atoms with Crippen molar-refractivity contribution >= 4 is 17.2 Å². The van der Waals surface area contributed by atoms with Crippen molar-refractivity contribution in [3.63, 3.8) is 0 Å². The third-order valence-electron chi connectivity index (χ3n) is 3.09. The molecule has 0 amide bonds. The van der Waals surface area contributed by atoms with E-state index in [-0.39, 0.29) is 6.61 Å². The van der Waals surface area contributed by atoms with Gasteiger partial charge < -0.3 is 10.4 Å². The van der Waals surface area contributed by atoms with E-state index in [4.69, 9.17) is 0 Å². The summed E-state index contributed by atoms with van der Waals surface area (Å²) >= 11 is 1.61. The molecule has 6 heteroatoms. The Balaban J connectivity index is 1.82. The predicted octanol–water partition coefficient (Wildman–Crippen LogP) is 2.61. The Labute approximate surface area is 126 Å². The van der Waals surface area contributed by atoms with Crippen molar-refractivity contribution in [2.45, 2.75) is 13.1 Å². The number of aliphatic hydroxyl groups is 1. The first-order chi connectivity index (χ1) is 10.4. The van der Waals surface area contributed by atoms with Gasteiger partial charge in [0.25, 0.3) is 0 Å². The van der Waals surface area contributed by atoms with Crippen LogP contribution in [0.25, 0.3) is 11.3 Å². The molecule has 0 aliphatic carbocycles. The van der Waals surface area contributed by atoms with Crippen LogP contribution in [0.15, 0.2) is 48.1 Å². The summed E-state index contributed by atoms with van der Waals surface area (Å²) in [6, 6.07) is 12.0. The molecule has 3 aromatic rings. The Morgan fingerprint density at radius 1 is 1.24 bits per heavy atom. The Hall–Kier alpha value is -2.18. The summed E-state index contributed by atoms with van der Waals surface area (Å²) in [4.78, 5) is 5.22. The average molecular weight is 300 g/mol. The summed E-state index contributed by atoms with van der Waals surface area (Å²) in [7, 11) is 0. The molecule has 2 aromatic heterocycles. The van der Waals surface area contributed by atoms with Gasteiger partial charge in [0.05, 0.1) is 30.9 Å². The van der Waals surface area contributed by atoms with E-state index in [2.05, 4.69) is 15.4 Å². The molecule has 0 aliphatic rings. The standard InChI is InChI=1S/C15H16N4OS/c20-7-6-19-15(17-10-13-9-16-11-21-13)8-14(18-19)12-4-2-1-3-5-12/h1-5,8-9,11,17,20H,6-7,10H2. The fourth-order valence-electron chi connectivity index (χ4n) is 2.08. The van der Waals surface area contributed by atoms with E-state index in [9.17, 15) is 5.11 Å². The first kappa shape index (κ1) is 13.8. The smallest absolute Gasteiger partial charge is 0.125 e. The molecule has 1 aromatic carbocycles. The lowest BCUT2D eigenvalue weighted by molar-refractivity contribution is 0.270. The molecule has 0 aliphatic heterocycles. The Morgan fingerprint density at radius 2 is 2.10 bits per heavy atom. The molecule has 0 bridgehead atoms. The highest BCUT2D eigenvalue weighted by Gasteiger charge is 2.09. The molecule has 0 saturated carbocycles. The Morgan fingerprint density at radius 3 is 2.81 bits per heavy atom. The van der Waals surface area contributed by atoms with Gasteiger partial charge in [0.2, 0.25) is 0 Å². The molecule has 108 valence electrons. The van der Waals surface area contributed by atoms with Crippen molar-refractivity contribution in [2.75, 3.05) is 11.9 Å². The number of benzene rings is 1. The number of hydrogen-bond acceptors (Lipinski definition) is 5. The minimum Gasteiger partial charge on any atom is -0.394 e. The molecular weight excluding hydrogens is 284 g/mol. The average Bonchev–Trinajstić information content (AvgIpc) is 3.16. The molecule has 5 nitrogen and oxygen atoms in total. The van der Waals surface area contributed by atoms with Gasteiger partial charge in [-0.2, -0.15) is 5.10 Å². The monoisotopic (exact) mass is 300 g/mol. The van der Waals surface area contributed by atoms with E-state index < -0.39 is 0 Å². The minimum atomic E-state index is 0.0607. The number of aliphatic hydroxyl groups excluding tert-OH is 1. The number of nitrogens with zero attached hydrogens (tertiary/aromatic N) is 3. The second-order valence-electron chi connectivity index (χ2n) is 4.55. The van der Waals surface area contributed by atoms with Crippen LogP contribution in [0.2, 0.25) is 0 Å². The van der Waals surface area contributed by atoms with Crippen LogP contribution in [0, 0.1) is 0 Å². The SMILES string of the molecule is OCCn1nc(-c2ccccc2)cc1NCc1cncs1. The molecule has 21 heavy (non-hydrogen) atoms. The van der Waals surface area contributed by atoms with Crippen LogP contribution in [0.4, 0.5) is 5.82 Å². The second-order valence-corrected chi connectivity index (χ2v) is 5.52. The zero-order chi connectivity index (χ0) is 14.5. The molecule has 0 unspecified atom stereocenters. The number of aromatic nitrogens is 3. The van der Waals surface area contributed by atoms with Gasteiger partial charge in [-0.1, -0.05) is 30.3 Å². The Kier molecular flexibility index (Phi) is 4.28. The van der Waals surface area contributed by atoms with Gasteiger partial charge in [0.1, 0.15) is 5.82 Å².